The number of piperidine rings is 1. The van der Waals surface area contributed by atoms with Gasteiger partial charge in [-0.1, -0.05) is 24.3 Å². The minimum atomic E-state index is 0.0574. The first-order chi connectivity index (χ1) is 9.36. The molecule has 0 N–H and O–H groups in total. The van der Waals surface area contributed by atoms with E-state index in [-0.39, 0.29) is 6.04 Å². The lowest BCUT2D eigenvalue weighted by Crippen LogP contribution is -2.38. The van der Waals surface area contributed by atoms with Crippen LogP contribution >= 0.6 is 0 Å². The van der Waals surface area contributed by atoms with E-state index in [9.17, 15) is 5.26 Å². The number of hydrogen-bond donors (Lipinski definition) is 0. The first-order valence-electron chi connectivity index (χ1n) is 6.85. The van der Waals surface area contributed by atoms with Crippen molar-refractivity contribution in [2.75, 3.05) is 6.54 Å². The highest BCUT2D eigenvalue weighted by Gasteiger charge is 2.22. The molecule has 0 spiro atoms. The van der Waals surface area contributed by atoms with Crippen molar-refractivity contribution in [1.82, 2.24) is 9.88 Å². The summed E-state index contributed by atoms with van der Waals surface area (Å²) in [5.41, 5.74) is 2.09. The molecule has 1 fully saturated rings. The molecule has 0 radical (unpaired) electrons. The molecule has 1 aromatic carbocycles. The minimum absolute atomic E-state index is 0.0574. The van der Waals surface area contributed by atoms with Gasteiger partial charge in [0.2, 0.25) is 0 Å². The molecule has 19 heavy (non-hydrogen) atoms. The Morgan fingerprint density at radius 2 is 2.11 bits per heavy atom. The van der Waals surface area contributed by atoms with Crippen LogP contribution in [0.1, 0.15) is 25.0 Å². The number of para-hydroxylation sites is 1. The van der Waals surface area contributed by atoms with Gasteiger partial charge in [0.25, 0.3) is 0 Å². The maximum Gasteiger partial charge on any atom is 0.0981 e. The van der Waals surface area contributed by atoms with Gasteiger partial charge in [0.05, 0.1) is 23.3 Å². The summed E-state index contributed by atoms with van der Waals surface area (Å²) in [6.07, 6.45) is 3.34. The van der Waals surface area contributed by atoms with Crippen LogP contribution in [-0.2, 0) is 6.54 Å². The Balaban J connectivity index is 1.82. The molecule has 1 atom stereocenters. The van der Waals surface area contributed by atoms with Gasteiger partial charge in [0, 0.05) is 11.9 Å². The zero-order valence-electron chi connectivity index (χ0n) is 10.9. The number of likely N-dealkylation sites (tertiary alicyclic amines) is 1. The lowest BCUT2D eigenvalue weighted by atomic mass is 10.0. The fourth-order valence-corrected chi connectivity index (χ4v) is 2.73. The number of hydrogen-bond acceptors (Lipinski definition) is 3. The largest absolute Gasteiger partial charge is 0.282 e. The van der Waals surface area contributed by atoms with E-state index < -0.39 is 0 Å². The first-order valence-corrected chi connectivity index (χ1v) is 6.85. The maximum absolute atomic E-state index is 9.20. The average Bonchev–Trinajstić information content (AvgIpc) is 2.48. The molecular formula is C16H17N3. The Labute approximate surface area is 113 Å². The van der Waals surface area contributed by atoms with Crippen molar-refractivity contribution in [2.24, 2.45) is 0 Å². The molecule has 1 aliphatic rings. The number of fused-ring (bicyclic) bond motifs is 1. The zero-order valence-corrected chi connectivity index (χ0v) is 10.9. The Morgan fingerprint density at radius 1 is 1.21 bits per heavy atom. The molecule has 0 saturated carbocycles. The summed E-state index contributed by atoms with van der Waals surface area (Å²) >= 11 is 0. The highest BCUT2D eigenvalue weighted by Crippen LogP contribution is 2.19. The molecule has 3 rings (SSSR count). The van der Waals surface area contributed by atoms with Gasteiger partial charge in [-0.25, -0.2) is 0 Å². The Kier molecular flexibility index (Phi) is 3.43. The number of nitriles is 1. The smallest absolute Gasteiger partial charge is 0.0981 e. The van der Waals surface area contributed by atoms with Gasteiger partial charge in [-0.05, 0) is 37.9 Å². The van der Waals surface area contributed by atoms with Crippen LogP contribution in [0.4, 0.5) is 0 Å². The van der Waals surface area contributed by atoms with E-state index in [1.165, 1.54) is 18.2 Å². The van der Waals surface area contributed by atoms with E-state index in [2.05, 4.69) is 34.2 Å². The molecule has 3 heteroatoms. The third-order valence-corrected chi connectivity index (χ3v) is 3.78. The second kappa shape index (κ2) is 5.38. The molecule has 2 aromatic rings. The molecule has 0 aliphatic carbocycles. The van der Waals surface area contributed by atoms with Crippen LogP contribution in [0.2, 0.25) is 0 Å². The summed E-state index contributed by atoms with van der Waals surface area (Å²) in [6, 6.07) is 14.8. The molecule has 3 nitrogen and oxygen atoms in total. The first kappa shape index (κ1) is 12.1. The van der Waals surface area contributed by atoms with Crippen LogP contribution in [-0.4, -0.2) is 22.5 Å². The topological polar surface area (TPSA) is 39.9 Å². The van der Waals surface area contributed by atoms with Crippen LogP contribution < -0.4 is 0 Å². The van der Waals surface area contributed by atoms with E-state index in [0.717, 1.165) is 30.7 Å². The summed E-state index contributed by atoms with van der Waals surface area (Å²) in [7, 11) is 0. The monoisotopic (exact) mass is 251 g/mol. The number of benzene rings is 1. The average molecular weight is 251 g/mol. The van der Waals surface area contributed by atoms with Crippen LogP contribution in [0.25, 0.3) is 10.9 Å². The van der Waals surface area contributed by atoms with E-state index in [1.54, 1.807) is 0 Å². The highest BCUT2D eigenvalue weighted by atomic mass is 15.2. The van der Waals surface area contributed by atoms with Crippen LogP contribution in [0, 0.1) is 11.3 Å². The Bertz CT molecular complexity index is 615. The predicted molar refractivity (Wildman–Crippen MR) is 75.4 cm³/mol. The summed E-state index contributed by atoms with van der Waals surface area (Å²) in [6.45, 7) is 1.79. The minimum Gasteiger partial charge on any atom is -0.282 e. The summed E-state index contributed by atoms with van der Waals surface area (Å²) in [5, 5.41) is 10.4. The van der Waals surface area contributed by atoms with Crippen LogP contribution in [0.15, 0.2) is 36.4 Å². The molecule has 96 valence electrons. The van der Waals surface area contributed by atoms with Gasteiger partial charge in [-0.15, -0.1) is 0 Å². The quantitative estimate of drug-likeness (QED) is 0.823. The van der Waals surface area contributed by atoms with Gasteiger partial charge in [0.15, 0.2) is 0 Å². The summed E-state index contributed by atoms with van der Waals surface area (Å²) in [5.74, 6) is 0. The molecule has 1 aliphatic heterocycles. The Hall–Kier alpha value is -1.92. The third-order valence-electron chi connectivity index (χ3n) is 3.78. The summed E-state index contributed by atoms with van der Waals surface area (Å²) < 4.78 is 0. The normalized spacial score (nSPS) is 20.3. The number of nitrogens with zero attached hydrogens (tertiary/aromatic N) is 3. The van der Waals surface area contributed by atoms with Crippen molar-refractivity contribution in [3.8, 4) is 6.07 Å². The van der Waals surface area contributed by atoms with Crippen molar-refractivity contribution >= 4 is 10.9 Å². The SMILES string of the molecule is N#CC1CCCCN1Cc1ccc2ccccc2n1. The summed E-state index contributed by atoms with van der Waals surface area (Å²) in [4.78, 5) is 6.94. The van der Waals surface area contributed by atoms with E-state index in [0.29, 0.717) is 0 Å². The molecule has 0 bridgehead atoms. The van der Waals surface area contributed by atoms with Crippen LogP contribution in [0.5, 0.6) is 0 Å². The lowest BCUT2D eigenvalue weighted by Gasteiger charge is -2.30. The number of rotatable bonds is 2. The highest BCUT2D eigenvalue weighted by molar-refractivity contribution is 5.78. The van der Waals surface area contributed by atoms with E-state index in [1.807, 2.05) is 18.2 Å². The lowest BCUT2D eigenvalue weighted by molar-refractivity contribution is 0.174. The molecule has 2 heterocycles. The van der Waals surface area contributed by atoms with E-state index >= 15 is 0 Å². The second-order valence-corrected chi connectivity index (χ2v) is 5.11. The fourth-order valence-electron chi connectivity index (χ4n) is 2.73. The molecule has 0 amide bonds. The van der Waals surface area contributed by atoms with Crippen molar-refractivity contribution in [1.29, 1.82) is 5.26 Å². The van der Waals surface area contributed by atoms with Gasteiger partial charge in [-0.2, -0.15) is 5.26 Å². The van der Waals surface area contributed by atoms with Crippen molar-refractivity contribution < 1.29 is 0 Å². The van der Waals surface area contributed by atoms with Gasteiger partial charge < -0.3 is 0 Å². The molecule has 1 unspecified atom stereocenters. The van der Waals surface area contributed by atoms with Gasteiger partial charge >= 0.3 is 0 Å². The zero-order chi connectivity index (χ0) is 13.1. The Morgan fingerprint density at radius 3 is 3.00 bits per heavy atom. The van der Waals surface area contributed by atoms with E-state index in [4.69, 9.17) is 0 Å². The van der Waals surface area contributed by atoms with Crippen LogP contribution in [0.3, 0.4) is 0 Å². The third kappa shape index (κ3) is 2.59. The van der Waals surface area contributed by atoms with Crippen molar-refractivity contribution in [3.05, 3.63) is 42.1 Å². The molecular weight excluding hydrogens is 234 g/mol. The fraction of sp³-hybridized carbons (Fsp3) is 0.375. The maximum atomic E-state index is 9.20. The number of pyridine rings is 1. The second-order valence-electron chi connectivity index (χ2n) is 5.11. The standard InChI is InChI=1S/C16H17N3/c17-11-15-6-3-4-10-19(15)12-14-9-8-13-5-1-2-7-16(13)18-14/h1-2,5,7-9,15H,3-4,6,10,12H2. The van der Waals surface area contributed by atoms with Gasteiger partial charge in [0.1, 0.15) is 0 Å². The van der Waals surface area contributed by atoms with Gasteiger partial charge in [-0.3, -0.25) is 9.88 Å². The molecule has 1 aromatic heterocycles. The molecule has 1 saturated heterocycles. The van der Waals surface area contributed by atoms with Crippen molar-refractivity contribution in [2.45, 2.75) is 31.8 Å². The number of aromatic nitrogens is 1. The van der Waals surface area contributed by atoms with Crippen molar-refractivity contribution in [3.63, 3.8) is 0 Å². The predicted octanol–water partition coefficient (Wildman–Crippen LogP) is 3.11.